The van der Waals surface area contributed by atoms with E-state index in [1.165, 1.54) is 38.5 Å². The van der Waals surface area contributed by atoms with Crippen LogP contribution in [0.4, 0.5) is 0 Å². The summed E-state index contributed by atoms with van der Waals surface area (Å²) >= 11 is 0. The molecule has 0 aliphatic rings. The fourth-order valence-electron chi connectivity index (χ4n) is 2.05. The second kappa shape index (κ2) is 16.9. The van der Waals surface area contributed by atoms with Gasteiger partial charge in [-0.05, 0) is 6.42 Å². The number of amides is 1. The Morgan fingerprint density at radius 2 is 1.43 bits per heavy atom. The predicted molar refractivity (Wildman–Crippen MR) is 84.3 cm³/mol. The SMILES string of the molecule is CCCCCCCCCCCC(=O)N[C@@H](CO)C(=O)O.[K]. The first kappa shape index (κ1) is 23.8. The first-order chi connectivity index (χ1) is 9.61. The third kappa shape index (κ3) is 15.2. The Morgan fingerprint density at radius 1 is 0.952 bits per heavy atom. The van der Waals surface area contributed by atoms with Gasteiger partial charge in [0, 0.05) is 57.8 Å². The molecule has 0 aromatic heterocycles. The minimum atomic E-state index is -1.20. The Kier molecular flexibility index (Phi) is 19.2. The topological polar surface area (TPSA) is 86.6 Å². The first-order valence-electron chi connectivity index (χ1n) is 7.74. The Morgan fingerprint density at radius 3 is 1.86 bits per heavy atom. The second-order valence-electron chi connectivity index (χ2n) is 5.22. The van der Waals surface area contributed by atoms with Crippen LogP contribution < -0.4 is 5.32 Å². The Balaban J connectivity index is 0. The number of unbranched alkanes of at least 4 members (excludes halogenated alkanes) is 8. The van der Waals surface area contributed by atoms with Crippen molar-refractivity contribution in [3.63, 3.8) is 0 Å². The van der Waals surface area contributed by atoms with Gasteiger partial charge in [-0.1, -0.05) is 58.3 Å². The van der Waals surface area contributed by atoms with E-state index in [-0.39, 0.29) is 57.3 Å². The number of carbonyl (C=O) groups is 2. The molecule has 0 unspecified atom stereocenters. The summed E-state index contributed by atoms with van der Waals surface area (Å²) in [6.45, 7) is 1.63. The van der Waals surface area contributed by atoms with Gasteiger partial charge in [-0.2, -0.15) is 0 Å². The van der Waals surface area contributed by atoms with E-state index in [2.05, 4.69) is 12.2 Å². The summed E-state index contributed by atoms with van der Waals surface area (Å²) in [5.41, 5.74) is 0. The van der Waals surface area contributed by atoms with Crippen molar-refractivity contribution < 1.29 is 19.8 Å². The van der Waals surface area contributed by atoms with Crippen molar-refractivity contribution in [3.8, 4) is 0 Å². The van der Waals surface area contributed by atoms with Crippen LogP contribution in [0.3, 0.4) is 0 Å². The van der Waals surface area contributed by atoms with E-state index in [0.29, 0.717) is 6.42 Å². The van der Waals surface area contributed by atoms with Gasteiger partial charge in [-0.3, -0.25) is 4.79 Å². The molecule has 0 bridgehead atoms. The molecule has 0 saturated carbocycles. The van der Waals surface area contributed by atoms with E-state index in [1.54, 1.807) is 0 Å². The molecule has 1 atom stereocenters. The van der Waals surface area contributed by atoms with Crippen LogP contribution in [0.1, 0.15) is 71.1 Å². The summed E-state index contributed by atoms with van der Waals surface area (Å²) in [5, 5.41) is 19.8. The number of hydrogen-bond donors (Lipinski definition) is 3. The van der Waals surface area contributed by atoms with Gasteiger partial charge >= 0.3 is 5.97 Å². The minimum Gasteiger partial charge on any atom is -0.480 e. The Labute approximate surface area is 170 Å². The van der Waals surface area contributed by atoms with Crippen molar-refractivity contribution in [2.24, 2.45) is 0 Å². The van der Waals surface area contributed by atoms with Crippen LogP contribution >= 0.6 is 0 Å². The van der Waals surface area contributed by atoms with Crippen molar-refractivity contribution in [1.82, 2.24) is 5.32 Å². The van der Waals surface area contributed by atoms with Crippen molar-refractivity contribution in [2.75, 3.05) is 6.61 Å². The van der Waals surface area contributed by atoms with Crippen LogP contribution in [0.15, 0.2) is 0 Å². The van der Waals surface area contributed by atoms with Gasteiger partial charge in [0.15, 0.2) is 0 Å². The van der Waals surface area contributed by atoms with E-state index in [9.17, 15) is 9.59 Å². The Hall–Kier alpha value is 0.536. The number of aliphatic hydroxyl groups excluding tert-OH is 1. The molecule has 0 aromatic rings. The number of rotatable bonds is 13. The molecule has 5 nitrogen and oxygen atoms in total. The number of aliphatic carboxylic acids is 1. The molecular weight excluding hydrogens is 297 g/mol. The molecule has 0 rings (SSSR count). The van der Waals surface area contributed by atoms with E-state index in [1.807, 2.05) is 0 Å². The summed E-state index contributed by atoms with van der Waals surface area (Å²) < 4.78 is 0. The number of hydrogen-bond acceptors (Lipinski definition) is 3. The summed E-state index contributed by atoms with van der Waals surface area (Å²) in [4.78, 5) is 22.1. The average molecular weight is 326 g/mol. The van der Waals surface area contributed by atoms with Crippen molar-refractivity contribution >= 4 is 63.3 Å². The Bertz CT molecular complexity index is 274. The molecule has 0 aliphatic carbocycles. The van der Waals surface area contributed by atoms with Gasteiger partial charge in [0.1, 0.15) is 6.04 Å². The van der Waals surface area contributed by atoms with Crippen LogP contribution in [0.25, 0.3) is 0 Å². The molecule has 0 heterocycles. The number of carboxylic acids is 1. The van der Waals surface area contributed by atoms with Gasteiger partial charge in [-0.25, -0.2) is 4.79 Å². The largest absolute Gasteiger partial charge is 0.480 e. The quantitative estimate of drug-likeness (QED) is 0.357. The summed E-state index contributed by atoms with van der Waals surface area (Å²) in [7, 11) is 0. The van der Waals surface area contributed by atoms with Crippen molar-refractivity contribution in [1.29, 1.82) is 0 Å². The average Bonchev–Trinajstić information content (AvgIpc) is 2.42. The molecule has 0 saturated heterocycles. The van der Waals surface area contributed by atoms with Crippen LogP contribution in [-0.2, 0) is 9.59 Å². The monoisotopic (exact) mass is 326 g/mol. The van der Waals surface area contributed by atoms with Crippen molar-refractivity contribution in [3.05, 3.63) is 0 Å². The maximum absolute atomic E-state index is 11.4. The zero-order chi connectivity index (χ0) is 15.2. The molecule has 0 spiro atoms. The van der Waals surface area contributed by atoms with E-state index >= 15 is 0 Å². The van der Waals surface area contributed by atoms with Crippen molar-refractivity contribution in [2.45, 2.75) is 77.2 Å². The number of carbonyl (C=O) groups excluding carboxylic acids is 1. The molecular formula is C15H29KNO4. The maximum Gasteiger partial charge on any atom is 0.328 e. The molecule has 6 heteroatoms. The van der Waals surface area contributed by atoms with Gasteiger partial charge in [0.2, 0.25) is 5.91 Å². The van der Waals surface area contributed by atoms with Gasteiger partial charge in [0.25, 0.3) is 0 Å². The smallest absolute Gasteiger partial charge is 0.328 e. The molecule has 1 radical (unpaired) electrons. The summed E-state index contributed by atoms with van der Waals surface area (Å²) in [6.07, 6.45) is 10.9. The van der Waals surface area contributed by atoms with Crippen LogP contribution in [0.5, 0.6) is 0 Å². The zero-order valence-corrected chi connectivity index (χ0v) is 16.7. The maximum atomic E-state index is 11.4. The number of aliphatic hydroxyl groups is 1. The van der Waals surface area contributed by atoms with Crippen LogP contribution in [0, 0.1) is 0 Å². The standard InChI is InChI=1S/C15H29NO4.K/c1-2-3-4-5-6-7-8-9-10-11-14(18)16-13(12-17)15(19)20;/h13,17H,2-12H2,1H3,(H,16,18)(H,19,20);/t13-;/m0./s1. The molecule has 21 heavy (non-hydrogen) atoms. The third-order valence-corrected chi connectivity index (χ3v) is 3.32. The molecule has 1 amide bonds. The first-order valence-corrected chi connectivity index (χ1v) is 7.74. The van der Waals surface area contributed by atoms with E-state index in [0.717, 1.165) is 19.3 Å². The summed E-state index contributed by atoms with van der Waals surface area (Å²) in [6, 6.07) is -1.18. The van der Waals surface area contributed by atoms with Gasteiger partial charge in [0.05, 0.1) is 6.61 Å². The number of carboxylic acid groups (broad SMARTS) is 1. The normalized spacial score (nSPS) is 11.5. The molecule has 119 valence electrons. The van der Waals surface area contributed by atoms with Gasteiger partial charge in [-0.15, -0.1) is 0 Å². The minimum absolute atomic E-state index is 0. The van der Waals surface area contributed by atoms with E-state index in [4.69, 9.17) is 10.2 Å². The zero-order valence-electron chi connectivity index (χ0n) is 13.6. The number of nitrogens with one attached hydrogen (secondary N) is 1. The summed E-state index contributed by atoms with van der Waals surface area (Å²) in [5.74, 6) is -1.50. The van der Waals surface area contributed by atoms with Crippen LogP contribution in [0.2, 0.25) is 0 Å². The van der Waals surface area contributed by atoms with Crippen LogP contribution in [-0.4, -0.2) is 86.1 Å². The molecule has 0 aromatic carbocycles. The second-order valence-corrected chi connectivity index (χ2v) is 5.22. The third-order valence-electron chi connectivity index (χ3n) is 3.32. The fourth-order valence-corrected chi connectivity index (χ4v) is 2.05. The fraction of sp³-hybridized carbons (Fsp3) is 0.867. The predicted octanol–water partition coefficient (Wildman–Crippen LogP) is 2.09. The van der Waals surface area contributed by atoms with Gasteiger partial charge < -0.3 is 15.5 Å². The molecule has 0 fully saturated rings. The molecule has 3 N–H and O–H groups in total. The molecule has 0 aliphatic heterocycles. The van der Waals surface area contributed by atoms with E-state index < -0.39 is 18.6 Å².